The highest BCUT2D eigenvalue weighted by Crippen LogP contribution is 2.24. The fraction of sp³-hybridized carbons (Fsp3) is 0.154. The first-order valence-electron chi connectivity index (χ1n) is 5.51. The maximum absolute atomic E-state index is 11.9. The fourth-order valence-electron chi connectivity index (χ4n) is 1.38. The molecule has 1 heterocycles. The number of hydrogen-bond acceptors (Lipinski definition) is 6. The van der Waals surface area contributed by atoms with Gasteiger partial charge in [-0.2, -0.15) is 4.37 Å². The summed E-state index contributed by atoms with van der Waals surface area (Å²) in [6, 6.07) is 7.56. The first-order chi connectivity index (χ1) is 9.19. The van der Waals surface area contributed by atoms with E-state index < -0.39 is 0 Å². The second-order valence-electron chi connectivity index (χ2n) is 3.70. The summed E-state index contributed by atoms with van der Waals surface area (Å²) in [5.41, 5.74) is 1.79. The Morgan fingerprint density at radius 3 is 2.95 bits per heavy atom. The molecule has 0 spiro atoms. The Balaban J connectivity index is 1.97. The Bertz CT molecular complexity index is 607. The lowest BCUT2D eigenvalue weighted by Crippen LogP contribution is -1.93. The average Bonchev–Trinajstić information content (AvgIpc) is 2.86. The molecule has 3 nitrogen and oxygen atoms in total. The SMILES string of the molecule is CSc1nsc(S/C=C\C(=O)c2cccc(C)c2)n1. The third-order valence-electron chi connectivity index (χ3n) is 2.26. The van der Waals surface area contributed by atoms with Gasteiger partial charge in [0, 0.05) is 5.56 Å². The summed E-state index contributed by atoms with van der Waals surface area (Å²) in [5, 5.41) is 2.53. The molecule has 1 aromatic heterocycles. The van der Waals surface area contributed by atoms with E-state index in [2.05, 4.69) is 9.36 Å². The number of benzene rings is 1. The molecule has 6 heteroatoms. The third-order valence-corrected chi connectivity index (χ3v) is 4.51. The van der Waals surface area contributed by atoms with E-state index in [-0.39, 0.29) is 5.78 Å². The van der Waals surface area contributed by atoms with E-state index in [0.717, 1.165) is 15.1 Å². The minimum absolute atomic E-state index is 0.00538. The van der Waals surface area contributed by atoms with E-state index in [0.29, 0.717) is 5.56 Å². The summed E-state index contributed by atoms with van der Waals surface area (Å²) in [6.07, 6.45) is 3.51. The molecule has 0 N–H and O–H groups in total. The minimum Gasteiger partial charge on any atom is -0.289 e. The van der Waals surface area contributed by atoms with Crippen LogP contribution in [0.4, 0.5) is 0 Å². The van der Waals surface area contributed by atoms with Gasteiger partial charge in [0.15, 0.2) is 10.1 Å². The van der Waals surface area contributed by atoms with Gasteiger partial charge in [-0.1, -0.05) is 47.3 Å². The van der Waals surface area contributed by atoms with Crippen LogP contribution < -0.4 is 0 Å². The van der Waals surface area contributed by atoms with Gasteiger partial charge in [0.1, 0.15) is 0 Å². The molecule has 0 radical (unpaired) electrons. The van der Waals surface area contributed by atoms with Gasteiger partial charge in [0.25, 0.3) is 0 Å². The number of nitrogens with zero attached hydrogens (tertiary/aromatic N) is 2. The zero-order chi connectivity index (χ0) is 13.7. The van der Waals surface area contributed by atoms with Crippen LogP contribution >= 0.6 is 35.1 Å². The Morgan fingerprint density at radius 1 is 1.42 bits per heavy atom. The van der Waals surface area contributed by atoms with Crippen molar-refractivity contribution in [1.29, 1.82) is 0 Å². The molecular weight excluding hydrogens is 296 g/mol. The molecule has 0 saturated carbocycles. The van der Waals surface area contributed by atoms with Crippen molar-refractivity contribution in [3.05, 3.63) is 46.9 Å². The number of carbonyl (C=O) groups is 1. The smallest absolute Gasteiger partial charge is 0.200 e. The lowest BCUT2D eigenvalue weighted by atomic mass is 10.1. The molecule has 1 aromatic carbocycles. The summed E-state index contributed by atoms with van der Waals surface area (Å²) in [5.74, 6) is 0.00538. The van der Waals surface area contributed by atoms with Crippen LogP contribution in [-0.2, 0) is 0 Å². The maximum atomic E-state index is 11.9. The number of carbonyl (C=O) groups excluding carboxylic acids is 1. The molecule has 0 aliphatic carbocycles. The molecule has 0 fully saturated rings. The number of allylic oxidation sites excluding steroid dienone is 1. The molecule has 0 saturated heterocycles. The topological polar surface area (TPSA) is 42.9 Å². The second kappa shape index (κ2) is 6.88. The summed E-state index contributed by atoms with van der Waals surface area (Å²) < 4.78 is 5.00. The van der Waals surface area contributed by atoms with Crippen molar-refractivity contribution in [3.63, 3.8) is 0 Å². The first kappa shape index (κ1) is 14.3. The van der Waals surface area contributed by atoms with Gasteiger partial charge in [-0.15, -0.1) is 0 Å². The van der Waals surface area contributed by atoms with Gasteiger partial charge in [0.05, 0.1) is 0 Å². The van der Waals surface area contributed by atoms with Gasteiger partial charge in [-0.25, -0.2) is 4.98 Å². The monoisotopic (exact) mass is 308 g/mol. The van der Waals surface area contributed by atoms with E-state index in [4.69, 9.17) is 0 Å². The van der Waals surface area contributed by atoms with E-state index in [1.165, 1.54) is 35.1 Å². The van der Waals surface area contributed by atoms with Crippen LogP contribution in [0.2, 0.25) is 0 Å². The van der Waals surface area contributed by atoms with Crippen molar-refractivity contribution in [2.24, 2.45) is 0 Å². The maximum Gasteiger partial charge on any atom is 0.200 e. The highest BCUT2D eigenvalue weighted by molar-refractivity contribution is 8.03. The van der Waals surface area contributed by atoms with E-state index in [1.54, 1.807) is 11.5 Å². The molecule has 2 aromatic rings. The molecule has 2 rings (SSSR count). The molecule has 0 aliphatic heterocycles. The van der Waals surface area contributed by atoms with Crippen LogP contribution in [0.5, 0.6) is 0 Å². The predicted molar refractivity (Wildman–Crippen MR) is 82.2 cm³/mol. The number of ketones is 1. The van der Waals surface area contributed by atoms with Gasteiger partial charge in [-0.3, -0.25) is 4.79 Å². The minimum atomic E-state index is 0.00538. The summed E-state index contributed by atoms with van der Waals surface area (Å²) in [6.45, 7) is 1.97. The van der Waals surface area contributed by atoms with Gasteiger partial charge in [-0.05, 0) is 42.3 Å². The van der Waals surface area contributed by atoms with Crippen LogP contribution in [-0.4, -0.2) is 21.4 Å². The van der Waals surface area contributed by atoms with E-state index >= 15 is 0 Å². The zero-order valence-corrected chi connectivity index (χ0v) is 12.9. The molecule has 98 valence electrons. The van der Waals surface area contributed by atoms with Crippen molar-refractivity contribution >= 4 is 40.8 Å². The molecule has 0 bridgehead atoms. The Labute approximate surface area is 124 Å². The largest absolute Gasteiger partial charge is 0.289 e. The summed E-state index contributed by atoms with van der Waals surface area (Å²) in [4.78, 5) is 16.2. The van der Waals surface area contributed by atoms with Crippen LogP contribution in [0.1, 0.15) is 15.9 Å². The molecule has 19 heavy (non-hydrogen) atoms. The van der Waals surface area contributed by atoms with E-state index in [1.807, 2.05) is 37.4 Å². The molecular formula is C13H12N2OS3. The van der Waals surface area contributed by atoms with Crippen LogP contribution in [0.15, 0.2) is 45.2 Å². The Kier molecular flexibility index (Phi) is 5.18. The third kappa shape index (κ3) is 4.19. The van der Waals surface area contributed by atoms with E-state index in [9.17, 15) is 4.79 Å². The summed E-state index contributed by atoms with van der Waals surface area (Å²) in [7, 11) is 0. The van der Waals surface area contributed by atoms with Crippen LogP contribution in [0.3, 0.4) is 0 Å². The lowest BCUT2D eigenvalue weighted by molar-refractivity contribution is 0.104. The van der Waals surface area contributed by atoms with Crippen molar-refractivity contribution in [2.45, 2.75) is 16.4 Å². The first-order valence-corrected chi connectivity index (χ1v) is 8.39. The highest BCUT2D eigenvalue weighted by atomic mass is 32.2. The zero-order valence-electron chi connectivity index (χ0n) is 10.5. The average molecular weight is 308 g/mol. The number of hydrogen-bond donors (Lipinski definition) is 0. The molecule has 0 unspecified atom stereocenters. The highest BCUT2D eigenvalue weighted by Gasteiger charge is 2.03. The number of thioether (sulfide) groups is 2. The number of rotatable bonds is 5. The quantitative estimate of drug-likeness (QED) is 0.473. The number of aryl methyl sites for hydroxylation is 1. The number of aromatic nitrogens is 2. The molecule has 0 atom stereocenters. The second-order valence-corrected chi connectivity index (χ2v) is 6.38. The van der Waals surface area contributed by atoms with Crippen molar-refractivity contribution < 1.29 is 4.79 Å². The summed E-state index contributed by atoms with van der Waals surface area (Å²) >= 11 is 4.27. The van der Waals surface area contributed by atoms with Crippen LogP contribution in [0.25, 0.3) is 0 Å². The fourth-order valence-corrected chi connectivity index (χ4v) is 3.31. The van der Waals surface area contributed by atoms with Crippen molar-refractivity contribution in [2.75, 3.05) is 6.26 Å². The lowest BCUT2D eigenvalue weighted by Gasteiger charge is -1.96. The predicted octanol–water partition coefficient (Wildman–Crippen LogP) is 4.06. The Morgan fingerprint density at radius 2 is 2.26 bits per heavy atom. The van der Waals surface area contributed by atoms with Crippen molar-refractivity contribution in [1.82, 2.24) is 9.36 Å². The van der Waals surface area contributed by atoms with Crippen molar-refractivity contribution in [3.8, 4) is 0 Å². The standard InChI is InChI=1S/C13H12N2OS3/c1-9-4-3-5-10(8-9)11(16)6-7-18-13-14-12(17-2)15-19-13/h3-8H,1-2H3/b7-6-. The Hall–Kier alpha value is -1.11. The normalized spacial score (nSPS) is 11.1. The molecule has 0 amide bonds. The van der Waals surface area contributed by atoms with Crippen LogP contribution in [0, 0.1) is 6.92 Å². The molecule has 0 aliphatic rings. The van der Waals surface area contributed by atoms with Gasteiger partial charge in [0.2, 0.25) is 5.16 Å². The van der Waals surface area contributed by atoms with Gasteiger partial charge >= 0.3 is 0 Å². The van der Waals surface area contributed by atoms with Gasteiger partial charge < -0.3 is 0 Å².